The second-order valence-corrected chi connectivity index (χ2v) is 6.82. The SMILES string of the molecule is CC1=C(C(=O)OC(C)(C)C)C(c2ccccc2F)c2cn[nH]c2N1. The number of fused-ring (bicyclic) bond motifs is 1. The summed E-state index contributed by atoms with van der Waals surface area (Å²) in [5, 5.41) is 9.98. The Bertz CT molecular complexity index is 818. The lowest BCUT2D eigenvalue weighted by Gasteiger charge is -2.29. The molecule has 5 nitrogen and oxygen atoms in total. The summed E-state index contributed by atoms with van der Waals surface area (Å²) in [5.74, 6) is -0.748. The van der Waals surface area contributed by atoms with Gasteiger partial charge in [0.25, 0.3) is 0 Å². The third-order valence-corrected chi connectivity index (χ3v) is 3.82. The van der Waals surface area contributed by atoms with Gasteiger partial charge in [-0.1, -0.05) is 18.2 Å². The Kier molecular flexibility index (Phi) is 3.91. The topological polar surface area (TPSA) is 67.0 Å². The van der Waals surface area contributed by atoms with E-state index in [0.717, 1.165) is 0 Å². The number of hydrogen-bond acceptors (Lipinski definition) is 4. The number of aromatic nitrogens is 2. The number of halogens is 1. The minimum atomic E-state index is -0.638. The molecule has 0 saturated carbocycles. The first-order valence-electron chi connectivity index (χ1n) is 7.77. The van der Waals surface area contributed by atoms with E-state index in [9.17, 15) is 9.18 Å². The molecule has 0 saturated heterocycles. The Hall–Kier alpha value is -2.63. The molecular formula is C18H20FN3O2. The van der Waals surface area contributed by atoms with Crippen molar-refractivity contribution in [1.82, 2.24) is 10.2 Å². The monoisotopic (exact) mass is 329 g/mol. The Balaban J connectivity index is 2.14. The Labute approximate surface area is 139 Å². The normalized spacial score (nSPS) is 17.3. The number of carbonyl (C=O) groups is 1. The third-order valence-electron chi connectivity index (χ3n) is 3.82. The number of anilines is 1. The average Bonchev–Trinajstić information content (AvgIpc) is 2.92. The number of H-pyrrole nitrogens is 1. The minimum Gasteiger partial charge on any atom is -0.457 e. The lowest BCUT2D eigenvalue weighted by molar-refractivity contribution is -0.150. The zero-order chi connectivity index (χ0) is 17.5. The number of hydrogen-bond donors (Lipinski definition) is 2. The zero-order valence-electron chi connectivity index (χ0n) is 14.1. The van der Waals surface area contributed by atoms with Gasteiger partial charge in [-0.25, -0.2) is 9.18 Å². The Morgan fingerprint density at radius 1 is 1.25 bits per heavy atom. The van der Waals surface area contributed by atoms with Gasteiger partial charge >= 0.3 is 5.97 Å². The van der Waals surface area contributed by atoms with Crippen molar-refractivity contribution in [1.29, 1.82) is 0 Å². The summed E-state index contributed by atoms with van der Waals surface area (Å²) in [5.41, 5.74) is 1.51. The molecule has 2 heterocycles. The van der Waals surface area contributed by atoms with E-state index in [-0.39, 0.29) is 5.82 Å². The van der Waals surface area contributed by atoms with Crippen molar-refractivity contribution in [2.24, 2.45) is 0 Å². The van der Waals surface area contributed by atoms with E-state index in [4.69, 9.17) is 4.74 Å². The first kappa shape index (κ1) is 16.2. The molecule has 1 atom stereocenters. The molecule has 1 unspecified atom stereocenters. The van der Waals surface area contributed by atoms with E-state index in [1.54, 1.807) is 52.1 Å². The van der Waals surface area contributed by atoms with Crippen molar-refractivity contribution < 1.29 is 13.9 Å². The predicted octanol–water partition coefficient (Wildman–Crippen LogP) is 3.72. The van der Waals surface area contributed by atoms with Gasteiger partial charge in [0, 0.05) is 16.8 Å². The van der Waals surface area contributed by atoms with Crippen LogP contribution in [-0.4, -0.2) is 21.8 Å². The largest absolute Gasteiger partial charge is 0.457 e. The maximum atomic E-state index is 14.5. The number of aromatic amines is 1. The van der Waals surface area contributed by atoms with Gasteiger partial charge in [0.15, 0.2) is 0 Å². The molecule has 1 aromatic heterocycles. The Morgan fingerprint density at radius 3 is 2.62 bits per heavy atom. The lowest BCUT2D eigenvalue weighted by Crippen LogP contribution is -2.30. The second kappa shape index (κ2) is 5.78. The molecule has 0 radical (unpaired) electrons. The van der Waals surface area contributed by atoms with Crippen LogP contribution in [0.4, 0.5) is 10.2 Å². The molecule has 0 aliphatic carbocycles. The van der Waals surface area contributed by atoms with E-state index in [2.05, 4.69) is 15.5 Å². The molecule has 1 aromatic carbocycles. The van der Waals surface area contributed by atoms with Crippen LogP contribution >= 0.6 is 0 Å². The number of carbonyl (C=O) groups excluding carboxylic acids is 1. The van der Waals surface area contributed by atoms with E-state index < -0.39 is 17.5 Å². The molecule has 0 spiro atoms. The highest BCUT2D eigenvalue weighted by atomic mass is 19.1. The lowest BCUT2D eigenvalue weighted by atomic mass is 9.82. The van der Waals surface area contributed by atoms with Crippen molar-refractivity contribution in [2.45, 2.75) is 39.2 Å². The minimum absolute atomic E-state index is 0.370. The van der Waals surface area contributed by atoms with Crippen LogP contribution in [0.3, 0.4) is 0 Å². The van der Waals surface area contributed by atoms with E-state index in [1.807, 2.05) is 0 Å². The van der Waals surface area contributed by atoms with Crippen LogP contribution < -0.4 is 5.32 Å². The molecule has 0 bridgehead atoms. The summed E-state index contributed by atoms with van der Waals surface area (Å²) >= 11 is 0. The fourth-order valence-electron chi connectivity index (χ4n) is 2.88. The summed E-state index contributed by atoms with van der Waals surface area (Å²) in [6, 6.07) is 6.45. The number of benzene rings is 1. The average molecular weight is 329 g/mol. The first-order chi connectivity index (χ1) is 11.3. The summed E-state index contributed by atoms with van der Waals surface area (Å²) in [6.07, 6.45) is 1.61. The first-order valence-corrected chi connectivity index (χ1v) is 7.77. The highest BCUT2D eigenvalue weighted by Gasteiger charge is 2.36. The van der Waals surface area contributed by atoms with Gasteiger partial charge in [0.1, 0.15) is 17.2 Å². The number of nitrogens with one attached hydrogen (secondary N) is 2. The molecule has 2 aromatic rings. The molecule has 126 valence electrons. The summed E-state index contributed by atoms with van der Waals surface area (Å²) in [7, 11) is 0. The van der Waals surface area contributed by atoms with Crippen LogP contribution in [0.1, 0.15) is 44.7 Å². The predicted molar refractivity (Wildman–Crippen MR) is 89.0 cm³/mol. The van der Waals surface area contributed by atoms with Gasteiger partial charge in [-0.15, -0.1) is 0 Å². The van der Waals surface area contributed by atoms with Gasteiger partial charge in [0.2, 0.25) is 0 Å². The molecule has 0 fully saturated rings. The van der Waals surface area contributed by atoms with Crippen molar-refractivity contribution in [3.8, 4) is 0 Å². The maximum absolute atomic E-state index is 14.5. The highest BCUT2D eigenvalue weighted by Crippen LogP contribution is 2.42. The van der Waals surface area contributed by atoms with Gasteiger partial charge < -0.3 is 10.1 Å². The molecule has 1 aliphatic heterocycles. The molecule has 2 N–H and O–H groups in total. The van der Waals surface area contributed by atoms with Gasteiger partial charge in [-0.05, 0) is 33.8 Å². The number of ether oxygens (including phenoxy) is 1. The van der Waals surface area contributed by atoms with Crippen LogP contribution in [0.2, 0.25) is 0 Å². The van der Waals surface area contributed by atoms with Crippen LogP contribution in [0.25, 0.3) is 0 Å². The maximum Gasteiger partial charge on any atom is 0.337 e. The second-order valence-electron chi connectivity index (χ2n) is 6.82. The molecule has 3 rings (SSSR count). The van der Waals surface area contributed by atoms with Crippen LogP contribution in [-0.2, 0) is 9.53 Å². The fourth-order valence-corrected chi connectivity index (χ4v) is 2.88. The van der Waals surface area contributed by atoms with Crippen molar-refractivity contribution in [3.63, 3.8) is 0 Å². The van der Waals surface area contributed by atoms with Crippen molar-refractivity contribution in [3.05, 3.63) is 58.7 Å². The highest BCUT2D eigenvalue weighted by molar-refractivity contribution is 5.94. The van der Waals surface area contributed by atoms with Gasteiger partial charge in [-0.2, -0.15) is 5.10 Å². The molecule has 24 heavy (non-hydrogen) atoms. The third kappa shape index (κ3) is 2.91. The standard InChI is InChI=1S/C18H20FN3O2/c1-10-14(17(23)24-18(2,3)4)15(11-7-5-6-8-13(11)19)12-9-20-22-16(12)21-10/h5-9,15H,1-4H3,(H2,20,21,22). The number of rotatable bonds is 2. The molecular weight excluding hydrogens is 309 g/mol. The molecule has 1 aliphatic rings. The Morgan fingerprint density at radius 2 is 1.96 bits per heavy atom. The van der Waals surface area contributed by atoms with E-state index in [0.29, 0.717) is 28.2 Å². The van der Waals surface area contributed by atoms with Gasteiger partial charge in [-0.3, -0.25) is 5.10 Å². The smallest absolute Gasteiger partial charge is 0.337 e. The van der Waals surface area contributed by atoms with E-state index >= 15 is 0 Å². The van der Waals surface area contributed by atoms with Crippen molar-refractivity contribution >= 4 is 11.8 Å². The number of allylic oxidation sites excluding steroid dienone is 1. The van der Waals surface area contributed by atoms with Crippen molar-refractivity contribution in [2.75, 3.05) is 5.32 Å². The fraction of sp³-hybridized carbons (Fsp3) is 0.333. The summed E-state index contributed by atoms with van der Waals surface area (Å²) in [4.78, 5) is 12.8. The van der Waals surface area contributed by atoms with Gasteiger partial charge in [0.05, 0.1) is 17.7 Å². The van der Waals surface area contributed by atoms with Crippen LogP contribution in [0.15, 0.2) is 41.7 Å². The number of nitrogens with zero attached hydrogens (tertiary/aromatic N) is 1. The zero-order valence-corrected chi connectivity index (χ0v) is 14.1. The van der Waals surface area contributed by atoms with E-state index in [1.165, 1.54) is 6.07 Å². The van der Waals surface area contributed by atoms with Crippen LogP contribution in [0.5, 0.6) is 0 Å². The summed E-state index contributed by atoms with van der Waals surface area (Å²) < 4.78 is 20.0. The molecule has 0 amide bonds. The quantitative estimate of drug-likeness (QED) is 0.824. The molecule has 6 heteroatoms. The summed E-state index contributed by atoms with van der Waals surface area (Å²) in [6.45, 7) is 7.19. The van der Waals surface area contributed by atoms with Crippen LogP contribution in [0, 0.1) is 5.82 Å². The number of esters is 1.